The Morgan fingerprint density at radius 1 is 1.67 bits per heavy atom. The molecule has 1 heterocycles. The maximum Gasteiger partial charge on any atom is 0.113 e. The average molecular weight is 224 g/mol. The first kappa shape index (κ1) is 12.0. The van der Waals surface area contributed by atoms with Crippen LogP contribution in [0, 0.1) is 0 Å². The fraction of sp³-hybridized carbons (Fsp3) is 0.182. The molecule has 0 saturated heterocycles. The molecule has 0 radical (unpaired) electrons. The molecule has 1 aromatic rings. The number of nitrogens with zero attached hydrogens (tertiary/aromatic N) is 1. The Kier molecular flexibility index (Phi) is 4.08. The highest BCUT2D eigenvalue weighted by atomic mass is 32.3. The summed E-state index contributed by atoms with van der Waals surface area (Å²) in [6.07, 6.45) is 4.86. The summed E-state index contributed by atoms with van der Waals surface area (Å²) in [5.41, 5.74) is 0.744. The summed E-state index contributed by atoms with van der Waals surface area (Å²) in [7, 11) is -3.08. The van der Waals surface area contributed by atoms with Gasteiger partial charge in [-0.05, 0) is 24.6 Å². The van der Waals surface area contributed by atoms with Gasteiger partial charge in [0.15, 0.2) is 0 Å². The van der Waals surface area contributed by atoms with E-state index >= 15 is 0 Å². The van der Waals surface area contributed by atoms with Gasteiger partial charge in [-0.3, -0.25) is 0 Å². The molecular formula is C11H14NO2S-. The highest BCUT2D eigenvalue weighted by Gasteiger charge is 2.08. The van der Waals surface area contributed by atoms with Crippen molar-refractivity contribution in [3.63, 3.8) is 0 Å². The zero-order chi connectivity index (χ0) is 11.3. The van der Waals surface area contributed by atoms with Crippen molar-refractivity contribution < 1.29 is 9.11 Å². The third-order valence-corrected chi connectivity index (χ3v) is 3.58. The molecule has 0 aliphatic rings. The Morgan fingerprint density at radius 2 is 2.40 bits per heavy atom. The van der Waals surface area contributed by atoms with E-state index in [0.29, 0.717) is 0 Å². The van der Waals surface area contributed by atoms with Crippen LogP contribution in [-0.4, -0.2) is 19.8 Å². The second-order valence-electron chi connectivity index (χ2n) is 3.02. The first-order chi connectivity index (χ1) is 7.10. The predicted octanol–water partition coefficient (Wildman–Crippen LogP) is 2.98. The molecule has 1 atom stereocenters. The van der Waals surface area contributed by atoms with Gasteiger partial charge in [0.25, 0.3) is 0 Å². The summed E-state index contributed by atoms with van der Waals surface area (Å²) in [5.74, 6) is 0.0595. The Bertz CT molecular complexity index is 360. The second kappa shape index (κ2) is 5.11. The summed E-state index contributed by atoms with van der Waals surface area (Å²) in [6.45, 7) is 5.39. The standard InChI is InChI=1S/C11H15NO2S/c1-3-10(4-2)9-15(13,14)11-7-5-6-8-12-11/h3-8,13-14H,1,9H2,2H3/p-1/b10-4+. The lowest BCUT2D eigenvalue weighted by Crippen LogP contribution is -2.07. The third-order valence-electron chi connectivity index (χ3n) is 1.96. The molecular weight excluding hydrogens is 210 g/mol. The molecule has 82 valence electrons. The van der Waals surface area contributed by atoms with E-state index in [4.69, 9.17) is 0 Å². The molecule has 15 heavy (non-hydrogen) atoms. The molecule has 3 nitrogen and oxygen atoms in total. The average Bonchev–Trinajstić information content (AvgIpc) is 2.27. The monoisotopic (exact) mass is 224 g/mol. The second-order valence-corrected chi connectivity index (χ2v) is 5.01. The molecule has 0 saturated carbocycles. The Balaban J connectivity index is 2.89. The number of aromatic nitrogens is 1. The van der Waals surface area contributed by atoms with Crippen LogP contribution in [-0.2, 0) is 0 Å². The molecule has 0 aromatic carbocycles. The zero-order valence-corrected chi connectivity index (χ0v) is 9.41. The minimum absolute atomic E-state index is 0.0595. The van der Waals surface area contributed by atoms with Crippen LogP contribution in [0.15, 0.2) is 53.7 Å². The lowest BCUT2D eigenvalue weighted by molar-refractivity contribution is 0.463. The van der Waals surface area contributed by atoms with Crippen molar-refractivity contribution in [3.05, 3.63) is 48.7 Å². The van der Waals surface area contributed by atoms with E-state index < -0.39 is 10.6 Å². The van der Waals surface area contributed by atoms with Gasteiger partial charge in [0.2, 0.25) is 0 Å². The minimum Gasteiger partial charge on any atom is -0.762 e. The van der Waals surface area contributed by atoms with Crippen LogP contribution in [0.4, 0.5) is 0 Å². The van der Waals surface area contributed by atoms with Gasteiger partial charge in [0.05, 0.1) is 0 Å². The molecule has 0 aliphatic carbocycles. The van der Waals surface area contributed by atoms with Gasteiger partial charge >= 0.3 is 0 Å². The van der Waals surface area contributed by atoms with Crippen molar-refractivity contribution in [2.24, 2.45) is 0 Å². The maximum atomic E-state index is 11.9. The van der Waals surface area contributed by atoms with Crippen molar-refractivity contribution in [2.45, 2.75) is 11.9 Å². The highest BCUT2D eigenvalue weighted by molar-refractivity contribution is 8.24. The van der Waals surface area contributed by atoms with Crippen LogP contribution in [0.5, 0.6) is 0 Å². The summed E-state index contributed by atoms with van der Waals surface area (Å²) < 4.78 is 21.7. The van der Waals surface area contributed by atoms with Crippen molar-refractivity contribution in [1.29, 1.82) is 0 Å². The van der Waals surface area contributed by atoms with Crippen LogP contribution in [0.2, 0.25) is 0 Å². The maximum absolute atomic E-state index is 11.9. The number of hydrogen-bond acceptors (Lipinski definition) is 3. The van der Waals surface area contributed by atoms with Crippen molar-refractivity contribution in [1.82, 2.24) is 4.98 Å². The summed E-state index contributed by atoms with van der Waals surface area (Å²) in [4.78, 5) is 3.89. The predicted molar refractivity (Wildman–Crippen MR) is 62.3 cm³/mol. The molecule has 1 unspecified atom stereocenters. The summed E-state index contributed by atoms with van der Waals surface area (Å²) >= 11 is 0. The van der Waals surface area contributed by atoms with Crippen LogP contribution in [0.3, 0.4) is 0 Å². The van der Waals surface area contributed by atoms with Gasteiger partial charge in [-0.25, -0.2) is 4.98 Å². The van der Waals surface area contributed by atoms with Crippen LogP contribution < -0.4 is 0 Å². The fourth-order valence-electron chi connectivity index (χ4n) is 1.10. The Labute approximate surface area is 91.5 Å². The minimum atomic E-state index is -3.08. The Morgan fingerprint density at radius 3 is 2.87 bits per heavy atom. The van der Waals surface area contributed by atoms with Crippen molar-refractivity contribution in [2.75, 3.05) is 5.75 Å². The molecule has 0 aliphatic heterocycles. The molecule has 1 aromatic heterocycles. The molecule has 0 fully saturated rings. The molecule has 0 spiro atoms. The van der Waals surface area contributed by atoms with Crippen LogP contribution >= 0.6 is 10.6 Å². The molecule has 0 bridgehead atoms. The lowest BCUT2D eigenvalue weighted by Gasteiger charge is -2.44. The fourth-order valence-corrected chi connectivity index (χ4v) is 2.50. The van der Waals surface area contributed by atoms with E-state index in [-0.39, 0.29) is 10.8 Å². The Hall–Kier alpha value is -1.10. The quantitative estimate of drug-likeness (QED) is 0.800. The molecule has 1 N–H and O–H groups in total. The number of pyridine rings is 1. The lowest BCUT2D eigenvalue weighted by atomic mass is 10.3. The first-order valence-corrected chi connectivity index (χ1v) is 6.21. The van der Waals surface area contributed by atoms with E-state index in [1.54, 1.807) is 30.4 Å². The van der Waals surface area contributed by atoms with Crippen molar-refractivity contribution in [3.8, 4) is 0 Å². The third kappa shape index (κ3) is 3.20. The van der Waals surface area contributed by atoms with Gasteiger partial charge in [-0.1, -0.05) is 24.8 Å². The van der Waals surface area contributed by atoms with Gasteiger partial charge in [0, 0.05) is 11.9 Å². The van der Waals surface area contributed by atoms with Gasteiger partial charge in [0.1, 0.15) is 5.03 Å². The van der Waals surface area contributed by atoms with E-state index in [1.165, 1.54) is 6.20 Å². The normalized spacial score (nSPS) is 17.9. The van der Waals surface area contributed by atoms with Crippen molar-refractivity contribution >= 4 is 10.6 Å². The first-order valence-electron chi connectivity index (χ1n) is 4.53. The van der Waals surface area contributed by atoms with E-state index in [0.717, 1.165) is 5.57 Å². The number of allylic oxidation sites excluding steroid dienone is 2. The zero-order valence-electron chi connectivity index (χ0n) is 8.59. The number of hydrogen-bond donors (Lipinski definition) is 1. The van der Waals surface area contributed by atoms with Crippen LogP contribution in [0.25, 0.3) is 0 Å². The topological polar surface area (TPSA) is 56.2 Å². The molecule has 1 rings (SSSR count). The van der Waals surface area contributed by atoms with E-state index in [9.17, 15) is 9.11 Å². The van der Waals surface area contributed by atoms with Crippen LogP contribution in [0.1, 0.15) is 6.92 Å². The molecule has 0 amide bonds. The molecule has 4 heteroatoms. The smallest absolute Gasteiger partial charge is 0.113 e. The largest absolute Gasteiger partial charge is 0.762 e. The van der Waals surface area contributed by atoms with Gasteiger partial charge < -0.3 is 19.7 Å². The van der Waals surface area contributed by atoms with Gasteiger partial charge in [-0.15, -0.1) is 0 Å². The summed E-state index contributed by atoms with van der Waals surface area (Å²) in [5, 5.41) is 0.214. The SMILES string of the molecule is C=C/C(=C\C)CS([O-])(O)c1ccccn1. The van der Waals surface area contributed by atoms with Gasteiger partial charge in [-0.2, -0.15) is 0 Å². The highest BCUT2D eigenvalue weighted by Crippen LogP contribution is 2.47. The number of rotatable bonds is 4. The summed E-state index contributed by atoms with van der Waals surface area (Å²) in [6, 6.07) is 4.96. The van der Waals surface area contributed by atoms with E-state index in [1.807, 2.05) is 6.92 Å². The van der Waals surface area contributed by atoms with E-state index in [2.05, 4.69) is 11.6 Å².